The highest BCUT2D eigenvalue weighted by atomic mass is 32.2. The molecule has 0 N–H and O–H groups in total. The predicted octanol–water partition coefficient (Wildman–Crippen LogP) is 2.91. The average molecular weight is 306 g/mol. The fraction of sp³-hybridized carbons (Fsp3) is 0.500. The van der Waals surface area contributed by atoms with Gasteiger partial charge in [0.15, 0.2) is 0 Å². The van der Waals surface area contributed by atoms with Crippen molar-refractivity contribution in [1.29, 1.82) is 0 Å². The topological polar surface area (TPSA) is 42.3 Å². The third-order valence-corrected chi connectivity index (χ3v) is 6.98. The van der Waals surface area contributed by atoms with Crippen molar-refractivity contribution in [3.05, 3.63) is 30.0 Å². The number of hydrogen-bond acceptors (Lipinski definition) is 2. The monoisotopic (exact) mass is 306 g/mol. The van der Waals surface area contributed by atoms with Gasteiger partial charge in [-0.2, -0.15) is 4.31 Å². The zero-order chi connectivity index (χ0) is 15.4. The molecule has 3 rings (SSSR count). The van der Waals surface area contributed by atoms with Crippen molar-refractivity contribution in [3.63, 3.8) is 0 Å². The van der Waals surface area contributed by atoms with Gasteiger partial charge in [-0.15, -0.1) is 0 Å². The smallest absolute Gasteiger partial charge is 0.245 e. The van der Waals surface area contributed by atoms with Gasteiger partial charge in [-0.25, -0.2) is 8.42 Å². The molecule has 0 aliphatic heterocycles. The summed E-state index contributed by atoms with van der Waals surface area (Å²) in [6, 6.07) is 7.75. The van der Waals surface area contributed by atoms with Crippen LogP contribution in [0.25, 0.3) is 10.9 Å². The van der Waals surface area contributed by atoms with Crippen LogP contribution in [0.4, 0.5) is 0 Å². The maximum Gasteiger partial charge on any atom is 0.245 e. The fourth-order valence-electron chi connectivity index (χ4n) is 3.05. The Morgan fingerprint density at radius 2 is 1.90 bits per heavy atom. The molecule has 0 radical (unpaired) electrons. The number of hydrogen-bond donors (Lipinski definition) is 0. The molecule has 4 nitrogen and oxygen atoms in total. The van der Waals surface area contributed by atoms with E-state index >= 15 is 0 Å². The molecule has 1 saturated carbocycles. The molecule has 1 fully saturated rings. The molecule has 2 aromatic rings. The molecule has 0 bridgehead atoms. The number of aromatic nitrogens is 1. The van der Waals surface area contributed by atoms with E-state index in [1.54, 1.807) is 11.4 Å². The van der Waals surface area contributed by atoms with Gasteiger partial charge >= 0.3 is 0 Å². The maximum absolute atomic E-state index is 13.1. The van der Waals surface area contributed by atoms with Crippen LogP contribution in [0.5, 0.6) is 0 Å². The molecule has 1 aromatic heterocycles. The third kappa shape index (κ3) is 2.19. The molecule has 114 valence electrons. The van der Waals surface area contributed by atoms with Gasteiger partial charge in [0.1, 0.15) is 4.90 Å². The standard InChI is InChI=1S/C16H22N2O2S/c1-11(13-9-10-13)18(4)21(19,20)16-12(2)17(3)15-8-6-5-7-14(15)16/h5-8,11,13H,9-10H2,1-4H3/t11-/m1/s1. The number of sulfonamides is 1. The maximum atomic E-state index is 13.1. The quantitative estimate of drug-likeness (QED) is 0.871. The third-order valence-electron chi connectivity index (χ3n) is 4.86. The summed E-state index contributed by atoms with van der Waals surface area (Å²) in [5.74, 6) is 0.514. The van der Waals surface area contributed by atoms with E-state index in [-0.39, 0.29) is 6.04 Å². The first kappa shape index (κ1) is 14.6. The van der Waals surface area contributed by atoms with Crippen LogP contribution in [-0.4, -0.2) is 30.4 Å². The van der Waals surface area contributed by atoms with Crippen molar-refractivity contribution in [2.24, 2.45) is 13.0 Å². The van der Waals surface area contributed by atoms with Gasteiger partial charge in [0.25, 0.3) is 0 Å². The van der Waals surface area contributed by atoms with Crippen molar-refractivity contribution in [2.75, 3.05) is 7.05 Å². The van der Waals surface area contributed by atoms with Crippen LogP contribution in [0.15, 0.2) is 29.2 Å². The van der Waals surface area contributed by atoms with Gasteiger partial charge in [0.2, 0.25) is 10.0 Å². The minimum Gasteiger partial charge on any atom is -0.347 e. The lowest BCUT2D eigenvalue weighted by atomic mass is 10.2. The van der Waals surface area contributed by atoms with Crippen LogP contribution in [0, 0.1) is 12.8 Å². The Kier molecular flexibility index (Phi) is 3.37. The number of aryl methyl sites for hydroxylation is 1. The van der Waals surface area contributed by atoms with E-state index in [4.69, 9.17) is 0 Å². The Morgan fingerprint density at radius 3 is 2.52 bits per heavy atom. The second-order valence-corrected chi connectivity index (χ2v) is 8.02. The van der Waals surface area contributed by atoms with Gasteiger partial charge in [0, 0.05) is 36.7 Å². The first-order valence-electron chi connectivity index (χ1n) is 7.37. The SMILES string of the molecule is Cc1c(S(=O)(=O)N(C)[C@H](C)C2CC2)c2ccccc2n1C. The molecule has 5 heteroatoms. The number of nitrogens with zero attached hydrogens (tertiary/aromatic N) is 2. The summed E-state index contributed by atoms with van der Waals surface area (Å²) in [5.41, 5.74) is 1.76. The van der Waals surface area contributed by atoms with E-state index in [9.17, 15) is 8.42 Å². The molecule has 21 heavy (non-hydrogen) atoms. The Balaban J connectivity index is 2.17. The van der Waals surface area contributed by atoms with E-state index in [1.807, 2.05) is 49.7 Å². The summed E-state index contributed by atoms with van der Waals surface area (Å²) in [4.78, 5) is 0.454. The minimum absolute atomic E-state index is 0.0633. The Morgan fingerprint density at radius 1 is 1.29 bits per heavy atom. The van der Waals surface area contributed by atoms with Crippen LogP contribution >= 0.6 is 0 Å². The highest BCUT2D eigenvalue weighted by Crippen LogP contribution is 2.38. The molecule has 0 amide bonds. The number of benzene rings is 1. The highest BCUT2D eigenvalue weighted by Gasteiger charge is 2.37. The number of para-hydroxylation sites is 1. The number of fused-ring (bicyclic) bond motifs is 1. The molecule has 0 unspecified atom stereocenters. The number of rotatable bonds is 4. The molecular weight excluding hydrogens is 284 g/mol. The minimum atomic E-state index is -3.47. The van der Waals surface area contributed by atoms with Gasteiger partial charge in [0.05, 0.1) is 0 Å². The van der Waals surface area contributed by atoms with E-state index in [2.05, 4.69) is 0 Å². The molecule has 1 aliphatic rings. The Hall–Kier alpha value is -1.33. The summed E-state index contributed by atoms with van der Waals surface area (Å²) < 4.78 is 29.6. The van der Waals surface area contributed by atoms with E-state index in [0.717, 1.165) is 29.4 Å². The van der Waals surface area contributed by atoms with Gasteiger partial charge in [-0.05, 0) is 38.7 Å². The molecule has 1 heterocycles. The van der Waals surface area contributed by atoms with E-state index < -0.39 is 10.0 Å². The average Bonchev–Trinajstić information content (AvgIpc) is 3.26. The molecule has 1 aromatic carbocycles. The molecular formula is C16H22N2O2S. The zero-order valence-corrected chi connectivity index (χ0v) is 13.8. The molecule has 1 atom stereocenters. The molecule has 0 saturated heterocycles. The first-order valence-corrected chi connectivity index (χ1v) is 8.81. The van der Waals surface area contributed by atoms with E-state index in [0.29, 0.717) is 10.8 Å². The largest absolute Gasteiger partial charge is 0.347 e. The van der Waals surface area contributed by atoms with Crippen LogP contribution in [-0.2, 0) is 17.1 Å². The van der Waals surface area contributed by atoms with Gasteiger partial charge in [-0.1, -0.05) is 18.2 Å². The lowest BCUT2D eigenvalue weighted by Gasteiger charge is -2.24. The van der Waals surface area contributed by atoms with Crippen LogP contribution < -0.4 is 0 Å². The van der Waals surface area contributed by atoms with Crippen molar-refractivity contribution >= 4 is 20.9 Å². The highest BCUT2D eigenvalue weighted by molar-refractivity contribution is 7.89. The summed E-state index contributed by atoms with van der Waals surface area (Å²) in [7, 11) is 0.158. The lowest BCUT2D eigenvalue weighted by Crippen LogP contribution is -2.36. The van der Waals surface area contributed by atoms with Crippen LogP contribution in [0.3, 0.4) is 0 Å². The lowest BCUT2D eigenvalue weighted by molar-refractivity contribution is 0.357. The second-order valence-electron chi connectivity index (χ2n) is 6.09. The predicted molar refractivity (Wildman–Crippen MR) is 84.8 cm³/mol. The summed E-state index contributed by atoms with van der Waals surface area (Å²) in [6.07, 6.45) is 2.27. The summed E-state index contributed by atoms with van der Waals surface area (Å²) in [6.45, 7) is 3.89. The fourth-order valence-corrected chi connectivity index (χ4v) is 4.91. The van der Waals surface area contributed by atoms with Crippen molar-refractivity contribution in [1.82, 2.24) is 8.87 Å². The van der Waals surface area contributed by atoms with Crippen molar-refractivity contribution < 1.29 is 8.42 Å². The molecule has 0 spiro atoms. The Bertz CT molecular complexity index is 788. The van der Waals surface area contributed by atoms with Crippen LogP contribution in [0.2, 0.25) is 0 Å². The van der Waals surface area contributed by atoms with Crippen LogP contribution in [0.1, 0.15) is 25.5 Å². The molecule has 1 aliphatic carbocycles. The van der Waals surface area contributed by atoms with Crippen molar-refractivity contribution in [2.45, 2.75) is 37.6 Å². The summed E-state index contributed by atoms with van der Waals surface area (Å²) in [5, 5.41) is 0.812. The first-order chi connectivity index (χ1) is 9.85. The summed E-state index contributed by atoms with van der Waals surface area (Å²) >= 11 is 0. The zero-order valence-electron chi connectivity index (χ0n) is 13.0. The second kappa shape index (κ2) is 4.85. The van der Waals surface area contributed by atoms with Gasteiger partial charge < -0.3 is 4.57 Å². The Labute approximate surface area is 126 Å². The van der Waals surface area contributed by atoms with Gasteiger partial charge in [-0.3, -0.25) is 0 Å². The normalized spacial score (nSPS) is 17.6. The van der Waals surface area contributed by atoms with Crippen molar-refractivity contribution in [3.8, 4) is 0 Å². The van der Waals surface area contributed by atoms with E-state index in [1.165, 1.54) is 0 Å².